The van der Waals surface area contributed by atoms with Gasteiger partial charge in [0.05, 0.1) is 10.6 Å². The normalized spacial score (nSPS) is 11.0. The first-order chi connectivity index (χ1) is 12.5. The van der Waals surface area contributed by atoms with E-state index < -0.39 is 4.92 Å². The zero-order valence-electron chi connectivity index (χ0n) is 13.9. The fourth-order valence-electron chi connectivity index (χ4n) is 2.28. The average Bonchev–Trinajstić information content (AvgIpc) is 2.62. The molecule has 0 saturated heterocycles. The second-order valence-corrected chi connectivity index (χ2v) is 7.66. The predicted octanol–water partition coefficient (Wildman–Crippen LogP) is 6.57. The Hall–Kier alpha value is -2.44. The van der Waals surface area contributed by atoms with Crippen molar-refractivity contribution >= 4 is 45.3 Å². The molecule has 0 atom stereocenters. The maximum Gasteiger partial charge on any atom is 0.270 e. The van der Waals surface area contributed by atoms with E-state index >= 15 is 0 Å². The highest BCUT2D eigenvalue weighted by Crippen LogP contribution is 2.32. The number of aryl methyl sites for hydroxylation is 1. The highest BCUT2D eigenvalue weighted by molar-refractivity contribution is 9.10. The van der Waals surface area contributed by atoms with E-state index in [2.05, 4.69) is 20.9 Å². The van der Waals surface area contributed by atoms with Gasteiger partial charge in [0, 0.05) is 38.2 Å². The Morgan fingerprint density at radius 1 is 1.08 bits per heavy atom. The van der Waals surface area contributed by atoms with E-state index in [1.54, 1.807) is 30.1 Å². The van der Waals surface area contributed by atoms with Crippen molar-refractivity contribution in [3.8, 4) is 0 Å². The van der Waals surface area contributed by atoms with Gasteiger partial charge in [-0.3, -0.25) is 15.1 Å². The second-order valence-electron chi connectivity index (χ2n) is 5.63. The van der Waals surface area contributed by atoms with Gasteiger partial charge in [0.1, 0.15) is 0 Å². The lowest BCUT2D eigenvalue weighted by Crippen LogP contribution is -1.92. The highest BCUT2D eigenvalue weighted by Gasteiger charge is 2.11. The Bertz CT molecular complexity index is 972. The van der Waals surface area contributed by atoms with Gasteiger partial charge in [-0.25, -0.2) is 0 Å². The first-order valence-corrected chi connectivity index (χ1v) is 9.45. The summed E-state index contributed by atoms with van der Waals surface area (Å²) in [4.78, 5) is 17.2. The number of nitro benzene ring substituents is 1. The number of non-ortho nitro benzene ring substituents is 1. The largest absolute Gasteiger partial charge is 0.270 e. The van der Waals surface area contributed by atoms with Gasteiger partial charge < -0.3 is 0 Å². The van der Waals surface area contributed by atoms with E-state index in [0.717, 1.165) is 20.0 Å². The van der Waals surface area contributed by atoms with Crippen LogP contribution in [0.2, 0.25) is 0 Å². The van der Waals surface area contributed by atoms with Crippen molar-refractivity contribution in [3.63, 3.8) is 0 Å². The number of halogens is 1. The Balaban J connectivity index is 1.95. The van der Waals surface area contributed by atoms with Crippen molar-refractivity contribution in [3.05, 3.63) is 92.4 Å². The van der Waals surface area contributed by atoms with Gasteiger partial charge in [-0.2, -0.15) is 0 Å². The molecule has 3 aromatic rings. The molecule has 0 fully saturated rings. The van der Waals surface area contributed by atoms with Crippen molar-refractivity contribution in [2.45, 2.75) is 16.7 Å². The molecule has 4 nitrogen and oxygen atoms in total. The predicted molar refractivity (Wildman–Crippen MR) is 110 cm³/mol. The van der Waals surface area contributed by atoms with Crippen LogP contribution in [0.3, 0.4) is 0 Å². The van der Waals surface area contributed by atoms with Crippen LogP contribution in [-0.2, 0) is 0 Å². The zero-order chi connectivity index (χ0) is 18.5. The van der Waals surface area contributed by atoms with Crippen LogP contribution in [0.15, 0.2) is 86.0 Å². The van der Waals surface area contributed by atoms with Crippen molar-refractivity contribution in [2.75, 3.05) is 0 Å². The minimum atomic E-state index is -0.392. The molecule has 130 valence electrons. The van der Waals surface area contributed by atoms with Gasteiger partial charge in [0.15, 0.2) is 0 Å². The molecule has 0 aliphatic heterocycles. The first kappa shape index (κ1) is 18.4. The summed E-state index contributed by atoms with van der Waals surface area (Å²) in [5, 5.41) is 11.1. The van der Waals surface area contributed by atoms with Gasteiger partial charge in [-0.1, -0.05) is 51.5 Å². The lowest BCUT2D eigenvalue weighted by Gasteiger charge is -2.06. The summed E-state index contributed by atoms with van der Waals surface area (Å²) in [6.45, 7) is 2.04. The van der Waals surface area contributed by atoms with Crippen LogP contribution in [0.1, 0.15) is 11.1 Å². The van der Waals surface area contributed by atoms with E-state index in [4.69, 9.17) is 0 Å². The first-order valence-electron chi connectivity index (χ1n) is 7.84. The van der Waals surface area contributed by atoms with E-state index in [1.807, 2.05) is 55.5 Å². The highest BCUT2D eigenvalue weighted by atomic mass is 79.9. The summed E-state index contributed by atoms with van der Waals surface area (Å²) >= 11 is 4.97. The van der Waals surface area contributed by atoms with Crippen LogP contribution in [0, 0.1) is 17.0 Å². The van der Waals surface area contributed by atoms with Gasteiger partial charge >= 0.3 is 0 Å². The molecular weight excluding hydrogens is 412 g/mol. The molecule has 6 heteroatoms. The molecule has 0 spiro atoms. The molecule has 0 saturated carbocycles. The van der Waals surface area contributed by atoms with Crippen molar-refractivity contribution in [1.82, 2.24) is 0 Å². The molecule has 0 aromatic heterocycles. The number of rotatable bonds is 5. The van der Waals surface area contributed by atoms with E-state index in [1.165, 1.54) is 11.6 Å². The molecule has 0 aliphatic carbocycles. The molecule has 0 bridgehead atoms. The number of benzene rings is 3. The second kappa shape index (κ2) is 8.29. The molecule has 0 aliphatic rings. The fourth-order valence-corrected chi connectivity index (χ4v) is 3.56. The molecule has 0 heterocycles. The van der Waals surface area contributed by atoms with E-state index in [-0.39, 0.29) is 5.69 Å². The minimum Gasteiger partial charge on any atom is -0.258 e. The van der Waals surface area contributed by atoms with Crippen LogP contribution in [0.4, 0.5) is 11.4 Å². The van der Waals surface area contributed by atoms with Gasteiger partial charge in [-0.05, 0) is 43.3 Å². The number of hydrogen-bond acceptors (Lipinski definition) is 4. The quantitative estimate of drug-likeness (QED) is 0.263. The third-order valence-corrected chi connectivity index (χ3v) is 5.21. The van der Waals surface area contributed by atoms with Gasteiger partial charge in [0.2, 0.25) is 0 Å². The maximum atomic E-state index is 11.1. The Kier molecular flexibility index (Phi) is 5.85. The van der Waals surface area contributed by atoms with Crippen molar-refractivity contribution in [2.24, 2.45) is 4.99 Å². The van der Waals surface area contributed by atoms with Crippen LogP contribution < -0.4 is 0 Å². The summed E-state index contributed by atoms with van der Waals surface area (Å²) < 4.78 is 0.931. The van der Waals surface area contributed by atoms with Crippen molar-refractivity contribution < 1.29 is 4.92 Å². The number of nitrogens with zero attached hydrogens (tertiary/aromatic N) is 2. The van der Waals surface area contributed by atoms with Crippen molar-refractivity contribution in [1.29, 1.82) is 0 Å². The number of aliphatic imine (C=N–C) groups is 1. The third kappa shape index (κ3) is 4.80. The maximum absolute atomic E-state index is 11.1. The molecule has 0 N–H and O–H groups in total. The smallest absolute Gasteiger partial charge is 0.258 e. The van der Waals surface area contributed by atoms with Crippen LogP contribution in [-0.4, -0.2) is 11.1 Å². The number of nitro groups is 1. The minimum absolute atomic E-state index is 0.0500. The molecular formula is C20H15BrN2O2S. The summed E-state index contributed by atoms with van der Waals surface area (Å²) in [6.07, 6.45) is 1.67. The third-order valence-electron chi connectivity index (χ3n) is 3.61. The fraction of sp³-hybridized carbons (Fsp3) is 0.0500. The summed E-state index contributed by atoms with van der Waals surface area (Å²) in [7, 11) is 0. The lowest BCUT2D eigenvalue weighted by molar-refractivity contribution is -0.384. The summed E-state index contributed by atoms with van der Waals surface area (Å²) in [5.41, 5.74) is 2.73. The molecule has 0 amide bonds. The molecule has 3 aromatic carbocycles. The van der Waals surface area contributed by atoms with Gasteiger partial charge in [-0.15, -0.1) is 0 Å². The van der Waals surface area contributed by atoms with Crippen LogP contribution >= 0.6 is 27.7 Å². The van der Waals surface area contributed by atoms with E-state index in [9.17, 15) is 10.1 Å². The van der Waals surface area contributed by atoms with Crippen LogP contribution in [0.25, 0.3) is 0 Å². The SMILES string of the molecule is Cc1ccc(Sc2ccc([N+](=O)[O-])cc2C=Nc2cccc(Br)c2)cc1. The monoisotopic (exact) mass is 426 g/mol. The zero-order valence-corrected chi connectivity index (χ0v) is 16.3. The van der Waals surface area contributed by atoms with Gasteiger partial charge in [0.25, 0.3) is 5.69 Å². The molecule has 0 unspecified atom stereocenters. The standard InChI is InChI=1S/C20H15BrN2O2S/c1-14-5-8-19(9-6-14)26-20-10-7-18(23(24)25)11-15(20)13-22-17-4-2-3-16(21)12-17/h2-13H,1H3. The molecule has 26 heavy (non-hydrogen) atoms. The Labute approximate surface area is 164 Å². The topological polar surface area (TPSA) is 55.5 Å². The Morgan fingerprint density at radius 3 is 2.54 bits per heavy atom. The summed E-state index contributed by atoms with van der Waals surface area (Å²) in [6, 6.07) is 20.6. The Morgan fingerprint density at radius 2 is 1.85 bits per heavy atom. The summed E-state index contributed by atoms with van der Waals surface area (Å²) in [5.74, 6) is 0. The average molecular weight is 427 g/mol. The molecule has 3 rings (SSSR count). The molecule has 0 radical (unpaired) electrons. The van der Waals surface area contributed by atoms with E-state index in [0.29, 0.717) is 5.56 Å². The lowest BCUT2D eigenvalue weighted by atomic mass is 10.2. The number of hydrogen-bond donors (Lipinski definition) is 0. The van der Waals surface area contributed by atoms with Crippen LogP contribution in [0.5, 0.6) is 0 Å².